The van der Waals surface area contributed by atoms with Crippen molar-refractivity contribution in [3.05, 3.63) is 64.7 Å². The minimum absolute atomic E-state index is 0.149. The fraction of sp³-hybridized carbons (Fsp3) is 0.462. The lowest BCUT2D eigenvalue weighted by Gasteiger charge is -2.31. The Labute approximate surface area is 197 Å². The zero-order chi connectivity index (χ0) is 23.5. The molecule has 2 amide bonds. The normalized spacial score (nSPS) is 11.8. The molecule has 0 fully saturated rings. The van der Waals surface area contributed by atoms with Gasteiger partial charge in [0.2, 0.25) is 5.91 Å². The Morgan fingerprint density at radius 2 is 1.75 bits per heavy atom. The molecule has 0 aliphatic rings. The number of nitrogens with one attached hydrogen (secondary N) is 1. The number of amides is 2. The molecule has 0 aliphatic heterocycles. The van der Waals surface area contributed by atoms with Gasteiger partial charge in [-0.3, -0.25) is 9.59 Å². The summed E-state index contributed by atoms with van der Waals surface area (Å²) in [5, 5.41) is 3.52. The van der Waals surface area contributed by atoms with Crippen molar-refractivity contribution >= 4 is 23.4 Å². The van der Waals surface area contributed by atoms with E-state index < -0.39 is 6.04 Å². The van der Waals surface area contributed by atoms with E-state index in [1.54, 1.807) is 11.0 Å². The molecule has 2 aromatic rings. The predicted octanol–water partition coefficient (Wildman–Crippen LogP) is 5.57. The van der Waals surface area contributed by atoms with Gasteiger partial charge in [0.05, 0.1) is 0 Å². The van der Waals surface area contributed by atoms with Gasteiger partial charge in [0.25, 0.3) is 5.91 Å². The molecule has 1 N–H and O–H groups in total. The molecule has 0 radical (unpaired) electrons. The Kier molecular flexibility index (Phi) is 10.5. The number of rotatable bonds is 12. The summed E-state index contributed by atoms with van der Waals surface area (Å²) in [6.45, 7) is 8.92. The van der Waals surface area contributed by atoms with E-state index in [2.05, 4.69) is 26.1 Å². The van der Waals surface area contributed by atoms with Crippen LogP contribution in [0.1, 0.15) is 64.0 Å². The first-order valence-electron chi connectivity index (χ1n) is 11.4. The van der Waals surface area contributed by atoms with Crippen LogP contribution in [0.25, 0.3) is 0 Å². The molecule has 0 saturated carbocycles. The van der Waals surface area contributed by atoms with Gasteiger partial charge >= 0.3 is 0 Å². The second-order valence-electron chi connectivity index (χ2n) is 8.19. The van der Waals surface area contributed by atoms with E-state index in [0.717, 1.165) is 18.4 Å². The summed E-state index contributed by atoms with van der Waals surface area (Å²) in [5.74, 6) is 0.646. The number of halogens is 1. The number of nitrogens with zero attached hydrogens (tertiary/aromatic N) is 1. The van der Waals surface area contributed by atoms with Crippen molar-refractivity contribution in [1.82, 2.24) is 10.2 Å². The van der Waals surface area contributed by atoms with Gasteiger partial charge in [-0.2, -0.15) is 0 Å². The van der Waals surface area contributed by atoms with Crippen LogP contribution in [0.15, 0.2) is 48.5 Å². The van der Waals surface area contributed by atoms with E-state index in [1.165, 1.54) is 5.56 Å². The SMILES string of the molecule is CCCCNC(=O)C(CC)N(Cc1ccccc1Cl)C(=O)COc1ccc(C(C)C)cc1. The zero-order valence-electron chi connectivity index (χ0n) is 19.6. The lowest BCUT2D eigenvalue weighted by Crippen LogP contribution is -2.50. The van der Waals surface area contributed by atoms with Gasteiger partial charge in [0.1, 0.15) is 11.8 Å². The molecule has 0 aliphatic carbocycles. The maximum absolute atomic E-state index is 13.2. The number of hydrogen-bond donors (Lipinski definition) is 1. The highest BCUT2D eigenvalue weighted by molar-refractivity contribution is 6.31. The molecule has 32 heavy (non-hydrogen) atoms. The highest BCUT2D eigenvalue weighted by Crippen LogP contribution is 2.21. The van der Waals surface area contributed by atoms with Crippen molar-refractivity contribution in [3.8, 4) is 5.75 Å². The fourth-order valence-corrected chi connectivity index (χ4v) is 3.61. The Balaban J connectivity index is 2.16. The third-order valence-electron chi connectivity index (χ3n) is 5.42. The number of carbonyl (C=O) groups is 2. The molecule has 2 aromatic carbocycles. The molecule has 2 rings (SSSR count). The summed E-state index contributed by atoms with van der Waals surface area (Å²) >= 11 is 6.35. The summed E-state index contributed by atoms with van der Waals surface area (Å²) in [6.07, 6.45) is 2.39. The van der Waals surface area contributed by atoms with Gasteiger partial charge in [0.15, 0.2) is 6.61 Å². The molecule has 0 heterocycles. The molecule has 6 heteroatoms. The largest absolute Gasteiger partial charge is 0.484 e. The van der Waals surface area contributed by atoms with Crippen molar-refractivity contribution in [2.45, 2.75) is 65.5 Å². The van der Waals surface area contributed by atoms with E-state index >= 15 is 0 Å². The van der Waals surface area contributed by atoms with Gasteiger partial charge in [-0.15, -0.1) is 0 Å². The molecule has 0 spiro atoms. The standard InChI is InChI=1S/C26H35ClN2O3/c1-5-7-16-28-26(31)24(6-2)29(17-21-10-8-9-11-23(21)27)25(30)18-32-22-14-12-20(13-15-22)19(3)4/h8-15,19,24H,5-7,16-18H2,1-4H3,(H,28,31). The van der Waals surface area contributed by atoms with Crippen molar-refractivity contribution in [2.24, 2.45) is 0 Å². The Morgan fingerprint density at radius 1 is 1.06 bits per heavy atom. The van der Waals surface area contributed by atoms with Crippen molar-refractivity contribution in [3.63, 3.8) is 0 Å². The van der Waals surface area contributed by atoms with E-state index in [0.29, 0.717) is 29.7 Å². The first kappa shape index (κ1) is 25.7. The van der Waals surface area contributed by atoms with Crippen molar-refractivity contribution in [1.29, 1.82) is 0 Å². The van der Waals surface area contributed by atoms with Crippen LogP contribution in [-0.4, -0.2) is 35.9 Å². The Morgan fingerprint density at radius 3 is 2.34 bits per heavy atom. The van der Waals surface area contributed by atoms with Gasteiger partial charge < -0.3 is 15.0 Å². The third-order valence-corrected chi connectivity index (χ3v) is 5.79. The molecular formula is C26H35ClN2O3. The maximum atomic E-state index is 13.2. The van der Waals surface area contributed by atoms with Gasteiger partial charge in [-0.1, -0.05) is 76.0 Å². The maximum Gasteiger partial charge on any atom is 0.261 e. The Hall–Kier alpha value is -2.53. The van der Waals surface area contributed by atoms with Crippen LogP contribution in [0.5, 0.6) is 5.75 Å². The topological polar surface area (TPSA) is 58.6 Å². The second-order valence-corrected chi connectivity index (χ2v) is 8.60. The number of hydrogen-bond acceptors (Lipinski definition) is 3. The highest BCUT2D eigenvalue weighted by atomic mass is 35.5. The molecule has 174 valence electrons. The molecule has 0 bridgehead atoms. The fourth-order valence-electron chi connectivity index (χ4n) is 3.41. The van der Waals surface area contributed by atoms with E-state index in [1.807, 2.05) is 49.4 Å². The van der Waals surface area contributed by atoms with E-state index in [-0.39, 0.29) is 25.0 Å². The summed E-state index contributed by atoms with van der Waals surface area (Å²) in [6, 6.07) is 14.5. The highest BCUT2D eigenvalue weighted by Gasteiger charge is 2.29. The molecule has 0 aromatic heterocycles. The van der Waals surface area contributed by atoms with Crippen molar-refractivity contribution < 1.29 is 14.3 Å². The quantitative estimate of drug-likeness (QED) is 0.423. The molecule has 5 nitrogen and oxygen atoms in total. The monoisotopic (exact) mass is 458 g/mol. The number of carbonyl (C=O) groups excluding carboxylic acids is 2. The van der Waals surface area contributed by atoms with Crippen LogP contribution in [0, 0.1) is 0 Å². The van der Waals surface area contributed by atoms with Crippen LogP contribution >= 0.6 is 11.6 Å². The van der Waals surface area contributed by atoms with Crippen LogP contribution in [0.3, 0.4) is 0 Å². The van der Waals surface area contributed by atoms with Gasteiger partial charge in [0, 0.05) is 18.1 Å². The van der Waals surface area contributed by atoms with E-state index in [4.69, 9.17) is 16.3 Å². The first-order chi connectivity index (χ1) is 15.4. The zero-order valence-corrected chi connectivity index (χ0v) is 20.3. The lowest BCUT2D eigenvalue weighted by atomic mass is 10.0. The minimum Gasteiger partial charge on any atom is -0.484 e. The first-order valence-corrected chi connectivity index (χ1v) is 11.8. The molecular weight excluding hydrogens is 424 g/mol. The number of ether oxygens (including phenoxy) is 1. The summed E-state index contributed by atoms with van der Waals surface area (Å²) < 4.78 is 5.77. The van der Waals surface area contributed by atoms with E-state index in [9.17, 15) is 9.59 Å². The predicted molar refractivity (Wildman–Crippen MR) is 130 cm³/mol. The minimum atomic E-state index is -0.595. The van der Waals surface area contributed by atoms with Gasteiger partial charge in [-0.05, 0) is 48.1 Å². The summed E-state index contributed by atoms with van der Waals surface area (Å²) in [5.41, 5.74) is 2.00. The molecule has 0 saturated heterocycles. The second kappa shape index (κ2) is 13.1. The van der Waals surface area contributed by atoms with Crippen LogP contribution < -0.4 is 10.1 Å². The molecule has 1 unspecified atom stereocenters. The number of unbranched alkanes of at least 4 members (excludes halogenated alkanes) is 1. The average Bonchev–Trinajstić information content (AvgIpc) is 2.79. The molecule has 1 atom stereocenters. The lowest BCUT2D eigenvalue weighted by molar-refractivity contribution is -0.143. The third kappa shape index (κ3) is 7.56. The number of benzene rings is 2. The van der Waals surface area contributed by atoms with Crippen molar-refractivity contribution in [2.75, 3.05) is 13.2 Å². The summed E-state index contributed by atoms with van der Waals surface area (Å²) in [7, 11) is 0. The Bertz CT molecular complexity index is 868. The van der Waals surface area contributed by atoms with Crippen LogP contribution in [0.2, 0.25) is 5.02 Å². The van der Waals surface area contributed by atoms with Crippen LogP contribution in [-0.2, 0) is 16.1 Å². The smallest absolute Gasteiger partial charge is 0.261 e. The summed E-state index contributed by atoms with van der Waals surface area (Å²) in [4.78, 5) is 27.7. The van der Waals surface area contributed by atoms with Gasteiger partial charge in [-0.25, -0.2) is 0 Å². The average molecular weight is 459 g/mol. The van der Waals surface area contributed by atoms with Crippen LogP contribution in [0.4, 0.5) is 0 Å².